The highest BCUT2D eigenvalue weighted by molar-refractivity contribution is 8.12. The highest BCUT2D eigenvalue weighted by atomic mass is 35.5. The Morgan fingerprint density at radius 3 is 2.50 bits per heavy atom. The number of nitrogens with zero attached hydrogens (tertiary/aromatic N) is 2. The maximum absolute atomic E-state index is 12.8. The second kappa shape index (κ2) is 12.2. The standard InChI is InChI=1S/C25H24Cl2N4O3S2/c1-2-31(25(34)36-29-24(33)18-8-7-16-5-3-4-6-17(16)11-18)20-14-30(15-20)23(32)13-28-35-22-10-9-19(26)12-21(22)27/h3-12,20,28H,2,13-15H2,1H3,(H,29,33). The Morgan fingerprint density at radius 1 is 1.03 bits per heavy atom. The van der Waals surface area contributed by atoms with E-state index in [2.05, 4.69) is 9.44 Å². The van der Waals surface area contributed by atoms with Crippen molar-refractivity contribution in [3.63, 3.8) is 0 Å². The Morgan fingerprint density at radius 2 is 1.78 bits per heavy atom. The lowest BCUT2D eigenvalue weighted by molar-refractivity contribution is -0.136. The summed E-state index contributed by atoms with van der Waals surface area (Å²) >= 11 is 14.1. The molecule has 11 heteroatoms. The first-order valence-corrected chi connectivity index (χ1v) is 13.6. The van der Waals surface area contributed by atoms with Crippen molar-refractivity contribution in [3.8, 4) is 0 Å². The summed E-state index contributed by atoms with van der Waals surface area (Å²) in [6.45, 7) is 3.39. The molecule has 188 valence electrons. The van der Waals surface area contributed by atoms with Gasteiger partial charge in [-0.15, -0.1) is 0 Å². The maximum Gasteiger partial charge on any atom is 0.302 e. The van der Waals surface area contributed by atoms with Gasteiger partial charge in [0.1, 0.15) is 0 Å². The Balaban J connectivity index is 1.21. The number of benzene rings is 3. The van der Waals surface area contributed by atoms with Crippen molar-refractivity contribution in [2.45, 2.75) is 17.9 Å². The van der Waals surface area contributed by atoms with Crippen LogP contribution in [0.25, 0.3) is 10.8 Å². The second-order valence-electron chi connectivity index (χ2n) is 8.10. The van der Waals surface area contributed by atoms with Gasteiger partial charge in [-0.05, 0) is 60.0 Å². The maximum atomic E-state index is 12.8. The molecule has 3 amide bonds. The SMILES string of the molecule is CCN(C(=O)SNC(=O)c1ccc2ccccc2c1)C1CN(C(=O)CNSc2ccc(Cl)cc2Cl)C1. The van der Waals surface area contributed by atoms with Gasteiger partial charge in [0.15, 0.2) is 0 Å². The number of amides is 3. The lowest BCUT2D eigenvalue weighted by atomic mass is 10.1. The molecule has 1 aliphatic heterocycles. The van der Waals surface area contributed by atoms with Crippen molar-refractivity contribution in [2.75, 3.05) is 26.2 Å². The van der Waals surface area contributed by atoms with Crippen LogP contribution in [-0.2, 0) is 4.79 Å². The molecule has 1 heterocycles. The van der Waals surface area contributed by atoms with E-state index in [1.54, 1.807) is 40.1 Å². The molecule has 3 aromatic rings. The lowest BCUT2D eigenvalue weighted by Crippen LogP contribution is -2.62. The molecule has 1 fully saturated rings. The number of nitrogens with one attached hydrogen (secondary N) is 2. The first-order chi connectivity index (χ1) is 17.4. The Hall–Kier alpha value is -2.43. The average molecular weight is 564 g/mol. The monoisotopic (exact) mass is 562 g/mol. The van der Waals surface area contributed by atoms with Gasteiger partial charge in [-0.3, -0.25) is 23.8 Å². The number of hydrogen-bond acceptors (Lipinski definition) is 6. The first kappa shape index (κ1) is 26.6. The van der Waals surface area contributed by atoms with Crippen LogP contribution >= 0.6 is 47.1 Å². The summed E-state index contributed by atoms with van der Waals surface area (Å²) in [5, 5.41) is 2.81. The summed E-state index contributed by atoms with van der Waals surface area (Å²) in [7, 11) is 0. The predicted molar refractivity (Wildman–Crippen MR) is 147 cm³/mol. The minimum atomic E-state index is -0.329. The molecule has 0 aromatic heterocycles. The Kier molecular flexibility index (Phi) is 9.03. The zero-order chi connectivity index (χ0) is 25.7. The molecule has 0 spiro atoms. The number of carbonyl (C=O) groups excluding carboxylic acids is 3. The van der Waals surface area contributed by atoms with Crippen molar-refractivity contribution in [1.29, 1.82) is 0 Å². The van der Waals surface area contributed by atoms with E-state index in [-0.39, 0.29) is 29.6 Å². The number of likely N-dealkylation sites (N-methyl/N-ethyl adjacent to an activating group) is 1. The number of carbonyl (C=O) groups is 3. The Bertz CT molecular complexity index is 1290. The van der Waals surface area contributed by atoms with E-state index in [9.17, 15) is 14.4 Å². The van der Waals surface area contributed by atoms with E-state index in [0.29, 0.717) is 35.2 Å². The van der Waals surface area contributed by atoms with E-state index in [4.69, 9.17) is 23.2 Å². The number of halogens is 2. The van der Waals surface area contributed by atoms with Crippen LogP contribution < -0.4 is 9.44 Å². The van der Waals surface area contributed by atoms with Crippen LogP contribution in [-0.4, -0.2) is 59.1 Å². The molecule has 2 N–H and O–H groups in total. The Labute approximate surface area is 228 Å². The molecule has 1 saturated heterocycles. The largest absolute Gasteiger partial charge is 0.337 e. The number of fused-ring (bicyclic) bond motifs is 1. The fraction of sp³-hybridized carbons (Fsp3) is 0.240. The molecular weight excluding hydrogens is 539 g/mol. The lowest BCUT2D eigenvalue weighted by Gasteiger charge is -2.44. The van der Waals surface area contributed by atoms with E-state index in [1.807, 2.05) is 37.3 Å². The highest BCUT2D eigenvalue weighted by Crippen LogP contribution is 2.28. The molecule has 4 rings (SSSR count). The van der Waals surface area contributed by atoms with Crippen LogP contribution in [0.3, 0.4) is 0 Å². The molecule has 0 aliphatic carbocycles. The van der Waals surface area contributed by atoms with E-state index in [1.165, 1.54) is 11.9 Å². The van der Waals surface area contributed by atoms with Gasteiger partial charge in [0.25, 0.3) is 5.91 Å². The van der Waals surface area contributed by atoms with Gasteiger partial charge in [-0.25, -0.2) is 0 Å². The number of rotatable bonds is 7. The minimum absolute atomic E-state index is 0.0652. The molecule has 1 aliphatic rings. The smallest absolute Gasteiger partial charge is 0.302 e. The second-order valence-corrected chi connectivity index (χ2v) is 10.6. The summed E-state index contributed by atoms with van der Waals surface area (Å²) in [6.07, 6.45) is 0. The summed E-state index contributed by atoms with van der Waals surface area (Å²) in [5.41, 5.74) is 0.489. The molecule has 0 saturated carbocycles. The zero-order valence-corrected chi connectivity index (χ0v) is 22.5. The molecule has 3 aromatic carbocycles. The third-order valence-corrected chi connectivity index (χ3v) is 7.99. The van der Waals surface area contributed by atoms with Crippen LogP contribution in [0.2, 0.25) is 10.0 Å². The van der Waals surface area contributed by atoms with Crippen LogP contribution in [0.1, 0.15) is 17.3 Å². The van der Waals surface area contributed by atoms with Crippen molar-refractivity contribution < 1.29 is 14.4 Å². The van der Waals surface area contributed by atoms with E-state index in [0.717, 1.165) is 27.6 Å². The topological polar surface area (TPSA) is 81.8 Å². The molecule has 0 radical (unpaired) electrons. The van der Waals surface area contributed by atoms with Gasteiger partial charge in [0.05, 0.1) is 29.6 Å². The highest BCUT2D eigenvalue weighted by Gasteiger charge is 2.36. The fourth-order valence-electron chi connectivity index (χ4n) is 3.78. The predicted octanol–water partition coefficient (Wildman–Crippen LogP) is 5.47. The molecule has 0 atom stereocenters. The molecule has 7 nitrogen and oxygen atoms in total. The molecule has 0 bridgehead atoms. The van der Waals surface area contributed by atoms with Gasteiger partial charge >= 0.3 is 5.24 Å². The summed E-state index contributed by atoms with van der Waals surface area (Å²) < 4.78 is 5.66. The molecular formula is C25H24Cl2N4O3S2. The number of likely N-dealkylation sites (tertiary alicyclic amines) is 1. The van der Waals surface area contributed by atoms with Crippen LogP contribution in [0.4, 0.5) is 4.79 Å². The number of hydrogen-bond donors (Lipinski definition) is 2. The normalized spacial score (nSPS) is 13.4. The van der Waals surface area contributed by atoms with Gasteiger partial charge < -0.3 is 9.80 Å². The van der Waals surface area contributed by atoms with Crippen LogP contribution in [0, 0.1) is 0 Å². The fourth-order valence-corrected chi connectivity index (χ4v) is 5.64. The molecule has 36 heavy (non-hydrogen) atoms. The zero-order valence-electron chi connectivity index (χ0n) is 19.4. The third-order valence-electron chi connectivity index (χ3n) is 5.77. The van der Waals surface area contributed by atoms with Crippen LogP contribution in [0.5, 0.6) is 0 Å². The van der Waals surface area contributed by atoms with Gasteiger partial charge in [0, 0.05) is 35.1 Å². The van der Waals surface area contributed by atoms with Gasteiger partial charge in [-0.1, -0.05) is 53.5 Å². The summed E-state index contributed by atoms with van der Waals surface area (Å²) in [4.78, 5) is 41.9. The summed E-state index contributed by atoms with van der Waals surface area (Å²) in [5.74, 6) is -0.394. The molecule has 0 unspecified atom stereocenters. The van der Waals surface area contributed by atoms with Crippen molar-refractivity contribution >= 4 is 74.9 Å². The third kappa shape index (κ3) is 6.46. The van der Waals surface area contributed by atoms with Crippen LogP contribution in [0.15, 0.2) is 65.6 Å². The van der Waals surface area contributed by atoms with Crippen molar-refractivity contribution in [1.82, 2.24) is 19.2 Å². The van der Waals surface area contributed by atoms with E-state index >= 15 is 0 Å². The first-order valence-electron chi connectivity index (χ1n) is 11.2. The summed E-state index contributed by atoms with van der Waals surface area (Å²) in [6, 6.07) is 18.3. The van der Waals surface area contributed by atoms with E-state index < -0.39 is 0 Å². The van der Waals surface area contributed by atoms with Gasteiger partial charge in [-0.2, -0.15) is 0 Å². The minimum Gasteiger partial charge on any atom is -0.337 e. The average Bonchev–Trinajstić information content (AvgIpc) is 2.85. The van der Waals surface area contributed by atoms with Crippen molar-refractivity contribution in [3.05, 3.63) is 76.3 Å². The van der Waals surface area contributed by atoms with Gasteiger partial charge in [0.2, 0.25) is 5.91 Å². The van der Waals surface area contributed by atoms with Crippen molar-refractivity contribution in [2.24, 2.45) is 0 Å². The quantitative estimate of drug-likeness (QED) is 0.371.